The smallest absolute Gasteiger partial charge is 0.0592 e. The van der Waals surface area contributed by atoms with Crippen LogP contribution in [0.3, 0.4) is 0 Å². The van der Waals surface area contributed by atoms with Crippen LogP contribution in [0.4, 0.5) is 5.69 Å². The summed E-state index contributed by atoms with van der Waals surface area (Å²) in [4.78, 5) is 6.25. The van der Waals surface area contributed by atoms with Gasteiger partial charge in [-0.2, -0.15) is 0 Å². The minimum absolute atomic E-state index is 1.04. The van der Waals surface area contributed by atoms with Crippen LogP contribution >= 0.6 is 15.9 Å². The molecule has 2 nitrogen and oxygen atoms in total. The summed E-state index contributed by atoms with van der Waals surface area (Å²) in [6.07, 6.45) is 7.78. The Hall–Kier alpha value is -0.830. The van der Waals surface area contributed by atoms with E-state index in [9.17, 15) is 0 Å². The van der Waals surface area contributed by atoms with Gasteiger partial charge in [0, 0.05) is 26.0 Å². The normalized spacial score (nSPS) is 9.86. The molecular weight excluding hydrogens is 240 g/mol. The lowest BCUT2D eigenvalue weighted by molar-refractivity contribution is 0.800. The highest BCUT2D eigenvalue weighted by Gasteiger charge is 2.03. The van der Waals surface area contributed by atoms with Gasteiger partial charge in [-0.25, -0.2) is 0 Å². The Balaban J connectivity index is 2.55. The van der Waals surface area contributed by atoms with Crippen LogP contribution in [0.1, 0.15) is 12.8 Å². The van der Waals surface area contributed by atoms with E-state index < -0.39 is 0 Å². The summed E-state index contributed by atoms with van der Waals surface area (Å²) in [5, 5.41) is 0. The van der Waals surface area contributed by atoms with Crippen molar-refractivity contribution in [2.45, 2.75) is 12.8 Å². The molecule has 0 amide bonds. The average Bonchev–Trinajstić information content (AvgIpc) is 2.18. The van der Waals surface area contributed by atoms with Gasteiger partial charge in [-0.05, 0) is 34.8 Å². The first-order valence-corrected chi connectivity index (χ1v) is 5.46. The number of hydrogen-bond donors (Lipinski definition) is 0. The molecule has 0 N–H and O–H groups in total. The Morgan fingerprint density at radius 3 is 3.07 bits per heavy atom. The molecule has 0 aromatic carbocycles. The number of allylic oxidation sites excluding steroid dienone is 1. The topological polar surface area (TPSA) is 16.1 Å². The van der Waals surface area contributed by atoms with E-state index in [4.69, 9.17) is 0 Å². The van der Waals surface area contributed by atoms with E-state index in [1.165, 1.54) is 5.69 Å². The van der Waals surface area contributed by atoms with E-state index >= 15 is 0 Å². The molecule has 1 rings (SSSR count). The summed E-state index contributed by atoms with van der Waals surface area (Å²) in [5.74, 6) is 0. The largest absolute Gasteiger partial charge is 0.374 e. The number of nitrogens with zero attached hydrogens (tertiary/aromatic N) is 2. The Morgan fingerprint density at radius 2 is 2.43 bits per heavy atom. The molecule has 0 radical (unpaired) electrons. The third-order valence-electron chi connectivity index (χ3n) is 2.06. The molecular formula is C11H15BrN2. The first kappa shape index (κ1) is 11.2. The maximum atomic E-state index is 4.03. The molecule has 0 spiro atoms. The molecule has 1 aromatic rings. The Kier molecular flexibility index (Phi) is 4.66. The van der Waals surface area contributed by atoms with Crippen LogP contribution in [0, 0.1) is 0 Å². The van der Waals surface area contributed by atoms with E-state index in [1.807, 2.05) is 24.5 Å². The zero-order chi connectivity index (χ0) is 10.4. The number of pyridine rings is 1. The molecule has 1 aromatic heterocycles. The highest BCUT2D eigenvalue weighted by molar-refractivity contribution is 9.10. The highest BCUT2D eigenvalue weighted by atomic mass is 79.9. The second-order valence-electron chi connectivity index (χ2n) is 3.18. The van der Waals surface area contributed by atoms with Crippen LogP contribution in [0.15, 0.2) is 35.6 Å². The molecule has 0 aliphatic rings. The van der Waals surface area contributed by atoms with E-state index in [-0.39, 0.29) is 0 Å². The molecule has 0 saturated carbocycles. The van der Waals surface area contributed by atoms with Crippen LogP contribution in [0.5, 0.6) is 0 Å². The summed E-state index contributed by atoms with van der Waals surface area (Å²) >= 11 is 3.48. The number of unbranched alkanes of at least 4 members (excludes halogenated alkanes) is 1. The minimum Gasteiger partial charge on any atom is -0.374 e. The zero-order valence-corrected chi connectivity index (χ0v) is 10.00. The number of hydrogen-bond acceptors (Lipinski definition) is 2. The van der Waals surface area contributed by atoms with Gasteiger partial charge in [0.2, 0.25) is 0 Å². The van der Waals surface area contributed by atoms with E-state index in [2.05, 4.69) is 39.4 Å². The van der Waals surface area contributed by atoms with Crippen molar-refractivity contribution in [3.8, 4) is 0 Å². The number of aromatic nitrogens is 1. The molecule has 0 bridgehead atoms. The highest BCUT2D eigenvalue weighted by Crippen LogP contribution is 2.23. The van der Waals surface area contributed by atoms with Gasteiger partial charge in [0.1, 0.15) is 0 Å². The first-order chi connectivity index (χ1) is 6.75. The fourth-order valence-electron chi connectivity index (χ4n) is 1.27. The van der Waals surface area contributed by atoms with Crippen molar-refractivity contribution in [1.82, 2.24) is 4.98 Å². The third kappa shape index (κ3) is 3.14. The van der Waals surface area contributed by atoms with Gasteiger partial charge in [0.15, 0.2) is 0 Å². The fourth-order valence-corrected chi connectivity index (χ4v) is 1.82. The quantitative estimate of drug-likeness (QED) is 0.593. The van der Waals surface area contributed by atoms with Crippen molar-refractivity contribution in [2.75, 3.05) is 18.5 Å². The van der Waals surface area contributed by atoms with Crippen LogP contribution in [0.25, 0.3) is 0 Å². The van der Waals surface area contributed by atoms with Gasteiger partial charge in [-0.1, -0.05) is 6.08 Å². The lowest BCUT2D eigenvalue weighted by atomic mass is 10.3. The second-order valence-corrected chi connectivity index (χ2v) is 4.03. The maximum absolute atomic E-state index is 4.03. The number of anilines is 1. The molecule has 0 aliphatic heterocycles. The van der Waals surface area contributed by atoms with Gasteiger partial charge >= 0.3 is 0 Å². The molecule has 0 atom stereocenters. The summed E-state index contributed by atoms with van der Waals surface area (Å²) in [7, 11) is 2.09. The van der Waals surface area contributed by atoms with Crippen molar-refractivity contribution >= 4 is 21.6 Å². The molecule has 76 valence electrons. The van der Waals surface area contributed by atoms with Gasteiger partial charge < -0.3 is 4.90 Å². The van der Waals surface area contributed by atoms with Crippen molar-refractivity contribution in [2.24, 2.45) is 0 Å². The Morgan fingerprint density at radius 1 is 1.64 bits per heavy atom. The standard InChI is InChI=1S/C11H15BrN2/c1-3-4-5-8-14(2)11-6-7-13-9-10(11)12/h3,6-7,9H,1,4-5,8H2,2H3. The van der Waals surface area contributed by atoms with Crippen LogP contribution in [-0.2, 0) is 0 Å². The van der Waals surface area contributed by atoms with E-state index in [0.29, 0.717) is 0 Å². The molecule has 0 unspecified atom stereocenters. The lowest BCUT2D eigenvalue weighted by Gasteiger charge is -2.19. The van der Waals surface area contributed by atoms with Gasteiger partial charge in [-0.3, -0.25) is 4.98 Å². The van der Waals surface area contributed by atoms with Crippen molar-refractivity contribution < 1.29 is 0 Å². The van der Waals surface area contributed by atoms with Crippen LogP contribution in [-0.4, -0.2) is 18.6 Å². The van der Waals surface area contributed by atoms with Crippen molar-refractivity contribution in [3.63, 3.8) is 0 Å². The monoisotopic (exact) mass is 254 g/mol. The molecule has 1 heterocycles. The molecule has 0 saturated heterocycles. The molecule has 0 fully saturated rings. The summed E-state index contributed by atoms with van der Waals surface area (Å²) < 4.78 is 1.04. The summed E-state index contributed by atoms with van der Waals surface area (Å²) in [5.41, 5.74) is 1.18. The van der Waals surface area contributed by atoms with Gasteiger partial charge in [0.25, 0.3) is 0 Å². The zero-order valence-electron chi connectivity index (χ0n) is 8.41. The maximum Gasteiger partial charge on any atom is 0.0592 e. The Bertz CT molecular complexity index is 299. The third-order valence-corrected chi connectivity index (χ3v) is 2.68. The van der Waals surface area contributed by atoms with E-state index in [1.54, 1.807) is 0 Å². The predicted molar refractivity (Wildman–Crippen MR) is 64.6 cm³/mol. The second kappa shape index (κ2) is 5.81. The number of rotatable bonds is 5. The first-order valence-electron chi connectivity index (χ1n) is 4.67. The molecule has 0 aliphatic carbocycles. The summed E-state index contributed by atoms with van der Waals surface area (Å²) in [6.45, 7) is 4.75. The molecule has 14 heavy (non-hydrogen) atoms. The minimum atomic E-state index is 1.04. The predicted octanol–water partition coefficient (Wildman–Crippen LogP) is 3.25. The molecule has 3 heteroatoms. The number of halogens is 1. The van der Waals surface area contributed by atoms with Gasteiger partial charge in [-0.15, -0.1) is 6.58 Å². The Labute approximate surface area is 93.8 Å². The van der Waals surface area contributed by atoms with Crippen molar-refractivity contribution in [1.29, 1.82) is 0 Å². The fraction of sp³-hybridized carbons (Fsp3) is 0.364. The SMILES string of the molecule is C=CCCCN(C)c1ccncc1Br. The van der Waals surface area contributed by atoms with Crippen LogP contribution in [0.2, 0.25) is 0 Å². The van der Waals surface area contributed by atoms with E-state index in [0.717, 1.165) is 23.9 Å². The summed E-state index contributed by atoms with van der Waals surface area (Å²) in [6, 6.07) is 2.01. The van der Waals surface area contributed by atoms with Gasteiger partial charge in [0.05, 0.1) is 10.2 Å². The van der Waals surface area contributed by atoms with Crippen LogP contribution < -0.4 is 4.90 Å². The lowest BCUT2D eigenvalue weighted by Crippen LogP contribution is -2.18. The van der Waals surface area contributed by atoms with Crippen molar-refractivity contribution in [3.05, 3.63) is 35.6 Å². The average molecular weight is 255 g/mol.